The Labute approximate surface area is 153 Å². The summed E-state index contributed by atoms with van der Waals surface area (Å²) in [5.41, 5.74) is 0. The average Bonchev–Trinajstić information content (AvgIpc) is 2.47. The van der Waals surface area contributed by atoms with Gasteiger partial charge in [0, 0.05) is 48.3 Å². The second kappa shape index (κ2) is 25.7. The summed E-state index contributed by atoms with van der Waals surface area (Å²) < 4.78 is 0. The Hall–Kier alpha value is -0.212. The van der Waals surface area contributed by atoms with Crippen molar-refractivity contribution in [2.24, 2.45) is 5.92 Å². The number of hydrogen-bond acceptors (Lipinski definition) is 3. The molecule has 0 radical (unpaired) electrons. The molecule has 0 saturated carbocycles. The Morgan fingerprint density at radius 1 is 1.14 bits per heavy atom. The van der Waals surface area contributed by atoms with Crippen LogP contribution in [0.15, 0.2) is 0 Å². The normalized spacial score (nSPS) is 8.73. The zero-order chi connectivity index (χ0) is 17.1. The summed E-state index contributed by atoms with van der Waals surface area (Å²) in [6.45, 7) is 12.8. The second-order valence-electron chi connectivity index (χ2n) is 5.00. The quantitative estimate of drug-likeness (QED) is 0.516. The molecule has 4 nitrogen and oxygen atoms in total. The molecule has 0 aliphatic rings. The molecule has 0 bridgehead atoms. The van der Waals surface area contributed by atoms with Gasteiger partial charge in [-0.1, -0.05) is 54.4 Å². The van der Waals surface area contributed by atoms with Gasteiger partial charge in [-0.15, -0.1) is 0 Å². The Morgan fingerprint density at radius 2 is 1.68 bits per heavy atom. The number of ketones is 1. The number of nitrogens with one attached hydrogen (secondary N) is 1. The summed E-state index contributed by atoms with van der Waals surface area (Å²) in [6, 6.07) is 0. The van der Waals surface area contributed by atoms with E-state index in [1.54, 1.807) is 0 Å². The molecule has 1 amide bonds. The van der Waals surface area contributed by atoms with Gasteiger partial charge in [-0.3, -0.25) is 9.59 Å². The first-order valence-electron chi connectivity index (χ1n) is 8.37. The fraction of sp³-hybridized carbons (Fsp3) is 0.882. The molecular weight excluding hydrogens is 450 g/mol. The summed E-state index contributed by atoms with van der Waals surface area (Å²) >= 11 is 0. The summed E-state index contributed by atoms with van der Waals surface area (Å²) in [6.07, 6.45) is 4.69. The second-order valence-corrected chi connectivity index (χ2v) is 5.00. The first-order valence-corrected chi connectivity index (χ1v) is 8.37. The van der Waals surface area contributed by atoms with Crippen molar-refractivity contribution in [2.75, 3.05) is 13.2 Å². The van der Waals surface area contributed by atoms with Gasteiger partial charge in [0.25, 0.3) is 0 Å². The van der Waals surface area contributed by atoms with Crippen molar-refractivity contribution in [3.63, 3.8) is 0 Å². The molecule has 0 atom stereocenters. The van der Waals surface area contributed by atoms with Gasteiger partial charge in [0.2, 0.25) is 5.91 Å². The van der Waals surface area contributed by atoms with Crippen LogP contribution in [0.4, 0.5) is 0 Å². The molecule has 0 fully saturated rings. The van der Waals surface area contributed by atoms with E-state index in [9.17, 15) is 9.59 Å². The van der Waals surface area contributed by atoms with Gasteiger partial charge in [-0.05, 0) is 12.3 Å². The largest absolute Gasteiger partial charge is 0.395 e. The predicted octanol–water partition coefficient (Wildman–Crippen LogP) is 3.96. The molecule has 136 valence electrons. The zero-order valence-corrected chi connectivity index (χ0v) is 18.3. The predicted molar refractivity (Wildman–Crippen MR) is 92.5 cm³/mol. The molecule has 0 aromatic carbocycles. The summed E-state index contributed by atoms with van der Waals surface area (Å²) in [4.78, 5) is 21.8. The maximum absolute atomic E-state index is 10.9. The van der Waals surface area contributed by atoms with E-state index in [4.69, 9.17) is 5.11 Å². The molecule has 0 aliphatic carbocycles. The molecule has 0 saturated heterocycles. The Bertz CT molecular complexity index is 240. The van der Waals surface area contributed by atoms with Crippen LogP contribution in [0.1, 0.15) is 81.5 Å². The topological polar surface area (TPSA) is 66.4 Å². The third-order valence-electron chi connectivity index (χ3n) is 2.55. The van der Waals surface area contributed by atoms with Crippen LogP contribution >= 0.6 is 0 Å². The van der Waals surface area contributed by atoms with Crippen molar-refractivity contribution in [1.82, 2.24) is 5.32 Å². The van der Waals surface area contributed by atoms with Crippen LogP contribution in [-0.4, -0.2) is 29.9 Å². The van der Waals surface area contributed by atoms with Crippen LogP contribution < -0.4 is 5.32 Å². The van der Waals surface area contributed by atoms with Crippen molar-refractivity contribution in [2.45, 2.75) is 80.1 Å². The Kier molecular flexibility index (Phi) is 34.8. The minimum atomic E-state index is -0.0991. The number of hydrogen-bond donors (Lipinski definition) is 2. The number of aliphatic hydroxyl groups is 1. The van der Waals surface area contributed by atoms with Gasteiger partial charge in [-0.2, -0.15) is 0 Å². The van der Waals surface area contributed by atoms with Crippen molar-refractivity contribution in [3.05, 3.63) is 0 Å². The Balaban J connectivity index is -0.0000000925. The molecule has 22 heavy (non-hydrogen) atoms. The van der Waals surface area contributed by atoms with Crippen molar-refractivity contribution < 1.29 is 37.2 Å². The van der Waals surface area contributed by atoms with Crippen LogP contribution in [0, 0.1) is 5.92 Å². The van der Waals surface area contributed by atoms with Crippen LogP contribution in [-0.2, 0) is 30.7 Å². The first-order chi connectivity index (χ1) is 9.97. The molecule has 5 heteroatoms. The maximum Gasteiger partial charge on any atom is 0.220 e. The van der Waals surface area contributed by atoms with Gasteiger partial charge in [0.15, 0.2) is 0 Å². The third kappa shape index (κ3) is 31.9. The van der Waals surface area contributed by atoms with Gasteiger partial charge < -0.3 is 10.4 Å². The molecule has 0 spiro atoms. The number of amides is 1. The van der Waals surface area contributed by atoms with Gasteiger partial charge >= 0.3 is 0 Å². The van der Waals surface area contributed by atoms with Crippen molar-refractivity contribution in [3.8, 4) is 0 Å². The fourth-order valence-electron chi connectivity index (χ4n) is 1.48. The van der Waals surface area contributed by atoms with E-state index >= 15 is 0 Å². The van der Waals surface area contributed by atoms with E-state index in [0.717, 1.165) is 5.92 Å². The van der Waals surface area contributed by atoms with E-state index in [-0.39, 0.29) is 40.8 Å². The molecular formula is C17H39NO3W. The van der Waals surface area contributed by atoms with Crippen LogP contribution in [0.5, 0.6) is 0 Å². The number of Topliss-reactive ketones (excluding diaryl/α,β-unsaturated/α-hetero) is 1. The average molecular weight is 489 g/mol. The van der Waals surface area contributed by atoms with Gasteiger partial charge in [0.05, 0.1) is 6.61 Å². The van der Waals surface area contributed by atoms with E-state index in [1.165, 1.54) is 12.8 Å². The molecule has 0 aromatic rings. The van der Waals surface area contributed by atoms with E-state index in [1.807, 2.05) is 20.8 Å². The van der Waals surface area contributed by atoms with E-state index in [2.05, 4.69) is 26.1 Å². The van der Waals surface area contributed by atoms with Crippen LogP contribution in [0.25, 0.3) is 0 Å². The molecule has 0 unspecified atom stereocenters. The van der Waals surface area contributed by atoms with E-state index < -0.39 is 0 Å². The van der Waals surface area contributed by atoms with Crippen molar-refractivity contribution in [1.29, 1.82) is 0 Å². The summed E-state index contributed by atoms with van der Waals surface area (Å²) in [5.74, 6) is 0.989. The van der Waals surface area contributed by atoms with Gasteiger partial charge in [-0.25, -0.2) is 0 Å². The van der Waals surface area contributed by atoms with Gasteiger partial charge in [0.1, 0.15) is 5.78 Å². The van der Waals surface area contributed by atoms with Crippen molar-refractivity contribution >= 4 is 11.7 Å². The number of aliphatic hydroxyl groups excluding tert-OH is 1. The zero-order valence-electron chi connectivity index (χ0n) is 15.4. The van der Waals surface area contributed by atoms with Crippen LogP contribution in [0.3, 0.4) is 0 Å². The molecule has 0 aliphatic heterocycles. The fourth-order valence-corrected chi connectivity index (χ4v) is 1.48. The standard InChI is InChI=1S/C9H17NO3.C6H14.C2H6.W.H2/c1-2-8(12)4-3-5-9(13)10-6-7-11;1-4-5-6(2)3;1-2;;/h11H,2-7H2,1H3,(H,10,13);6H,4-5H2,1-3H3;1-2H3;;1H. The minimum Gasteiger partial charge on any atom is -0.395 e. The van der Waals surface area contributed by atoms with Crippen LogP contribution in [0.2, 0.25) is 0 Å². The monoisotopic (exact) mass is 489 g/mol. The third-order valence-corrected chi connectivity index (χ3v) is 2.55. The number of carbonyl (C=O) groups excluding carboxylic acids is 2. The number of carbonyl (C=O) groups is 2. The summed E-state index contributed by atoms with van der Waals surface area (Å²) in [7, 11) is 0. The molecule has 0 aromatic heterocycles. The smallest absolute Gasteiger partial charge is 0.220 e. The first kappa shape index (κ1) is 29.8. The minimum absolute atomic E-state index is 0. The molecule has 2 N–H and O–H groups in total. The van der Waals surface area contributed by atoms with E-state index in [0.29, 0.717) is 32.2 Å². The Morgan fingerprint density at radius 3 is 2.00 bits per heavy atom. The maximum atomic E-state index is 10.9. The number of rotatable bonds is 9. The summed E-state index contributed by atoms with van der Waals surface area (Å²) in [5, 5.41) is 10.9. The molecule has 0 heterocycles. The molecule has 0 rings (SSSR count). The SMILES string of the molecule is CC.CCC(=O)CCCC(=O)NCCO.CCCC(C)C.[HH].[W].